The quantitative estimate of drug-likeness (QED) is 0.213. The first-order valence-electron chi connectivity index (χ1n) is 13.2. The Morgan fingerprint density at radius 2 is 1.13 bits per heavy atom. The Labute approximate surface area is 225 Å². The SMILES string of the molecule is C=CCCCO[C@@H]1O[C@H](CO)[C@@H](OCc2ccccc2)[C@H](OCc2ccccc2)[C@H]1OCc1ccccc1. The van der Waals surface area contributed by atoms with Crippen LogP contribution in [-0.4, -0.2) is 49.0 Å². The van der Waals surface area contributed by atoms with E-state index in [-0.39, 0.29) is 6.61 Å². The lowest BCUT2D eigenvalue weighted by molar-refractivity contribution is -0.326. The van der Waals surface area contributed by atoms with E-state index in [9.17, 15) is 5.11 Å². The summed E-state index contributed by atoms with van der Waals surface area (Å²) in [4.78, 5) is 0. The summed E-state index contributed by atoms with van der Waals surface area (Å²) in [7, 11) is 0. The van der Waals surface area contributed by atoms with E-state index in [1.54, 1.807) is 0 Å². The summed E-state index contributed by atoms with van der Waals surface area (Å²) in [5, 5.41) is 10.3. The van der Waals surface area contributed by atoms with Crippen LogP contribution in [0.2, 0.25) is 0 Å². The van der Waals surface area contributed by atoms with Gasteiger partial charge in [-0.05, 0) is 29.5 Å². The minimum Gasteiger partial charge on any atom is -0.394 e. The number of hydrogen-bond donors (Lipinski definition) is 1. The molecule has 4 rings (SSSR count). The summed E-state index contributed by atoms with van der Waals surface area (Å²) in [6.07, 6.45) is 0.453. The highest BCUT2D eigenvalue weighted by molar-refractivity contribution is 5.15. The minimum absolute atomic E-state index is 0.234. The normalized spacial score (nSPS) is 23.2. The smallest absolute Gasteiger partial charge is 0.186 e. The van der Waals surface area contributed by atoms with Crippen molar-refractivity contribution in [1.82, 2.24) is 0 Å². The van der Waals surface area contributed by atoms with Gasteiger partial charge in [0.1, 0.15) is 24.4 Å². The monoisotopic (exact) mass is 518 g/mol. The van der Waals surface area contributed by atoms with Crippen molar-refractivity contribution in [3.05, 3.63) is 120 Å². The number of unbranched alkanes of at least 4 members (excludes halogenated alkanes) is 1. The molecule has 1 N–H and O–H groups in total. The molecule has 3 aromatic rings. The highest BCUT2D eigenvalue weighted by Gasteiger charge is 2.48. The second-order valence-corrected chi connectivity index (χ2v) is 9.31. The van der Waals surface area contributed by atoms with E-state index < -0.39 is 30.7 Å². The summed E-state index contributed by atoms with van der Waals surface area (Å²) in [5.41, 5.74) is 3.09. The lowest BCUT2D eigenvalue weighted by Gasteiger charge is -2.45. The predicted molar refractivity (Wildman–Crippen MR) is 146 cm³/mol. The molecule has 6 heteroatoms. The topological polar surface area (TPSA) is 66.4 Å². The van der Waals surface area contributed by atoms with Crippen molar-refractivity contribution in [2.75, 3.05) is 13.2 Å². The van der Waals surface area contributed by atoms with Crippen molar-refractivity contribution in [1.29, 1.82) is 0 Å². The lowest BCUT2D eigenvalue weighted by atomic mass is 9.98. The first-order valence-corrected chi connectivity index (χ1v) is 13.2. The number of hydrogen-bond acceptors (Lipinski definition) is 6. The molecule has 3 aromatic carbocycles. The van der Waals surface area contributed by atoms with E-state index in [1.165, 1.54) is 0 Å². The zero-order valence-electron chi connectivity index (χ0n) is 21.8. The second-order valence-electron chi connectivity index (χ2n) is 9.31. The molecular weight excluding hydrogens is 480 g/mol. The van der Waals surface area contributed by atoms with Crippen LogP contribution in [-0.2, 0) is 43.5 Å². The van der Waals surface area contributed by atoms with Crippen LogP contribution in [0.3, 0.4) is 0 Å². The third kappa shape index (κ3) is 8.33. The third-order valence-corrected chi connectivity index (χ3v) is 6.46. The van der Waals surface area contributed by atoms with Crippen LogP contribution < -0.4 is 0 Å². The van der Waals surface area contributed by atoms with E-state index in [1.807, 2.05) is 97.1 Å². The summed E-state index contributed by atoms with van der Waals surface area (Å²) in [6.45, 7) is 5.11. The van der Waals surface area contributed by atoms with E-state index >= 15 is 0 Å². The predicted octanol–water partition coefficient (Wildman–Crippen LogP) is 5.44. The van der Waals surface area contributed by atoms with Gasteiger partial charge in [-0.3, -0.25) is 0 Å². The zero-order chi connectivity index (χ0) is 26.4. The van der Waals surface area contributed by atoms with E-state index in [2.05, 4.69) is 6.58 Å². The van der Waals surface area contributed by atoms with Crippen molar-refractivity contribution in [2.45, 2.75) is 63.4 Å². The third-order valence-electron chi connectivity index (χ3n) is 6.46. The fourth-order valence-electron chi connectivity index (χ4n) is 4.45. The highest BCUT2D eigenvalue weighted by atomic mass is 16.7. The largest absolute Gasteiger partial charge is 0.394 e. The van der Waals surface area contributed by atoms with Crippen molar-refractivity contribution >= 4 is 0 Å². The standard InChI is InChI=1S/C32H38O6/c1-2-3-13-20-34-32-31(37-24-27-18-11-6-12-19-27)30(36-23-26-16-9-5-10-17-26)29(28(21-33)38-32)35-22-25-14-7-4-8-15-25/h2,4-12,14-19,28-33H,1,3,13,20-24H2/t28-,29-,30+,31-,32-/m1/s1. The van der Waals surface area contributed by atoms with Crippen LogP contribution in [0.25, 0.3) is 0 Å². The van der Waals surface area contributed by atoms with Gasteiger partial charge in [-0.15, -0.1) is 6.58 Å². The molecule has 1 saturated heterocycles. The van der Waals surface area contributed by atoms with Gasteiger partial charge in [0.05, 0.1) is 33.0 Å². The van der Waals surface area contributed by atoms with Gasteiger partial charge in [0.15, 0.2) is 6.29 Å². The molecule has 6 nitrogen and oxygen atoms in total. The molecule has 0 unspecified atom stereocenters. The van der Waals surface area contributed by atoms with Gasteiger partial charge in [-0.1, -0.05) is 97.1 Å². The number of ether oxygens (including phenoxy) is 5. The van der Waals surface area contributed by atoms with Crippen molar-refractivity contribution in [3.63, 3.8) is 0 Å². The number of benzene rings is 3. The van der Waals surface area contributed by atoms with Crippen LogP contribution in [0.5, 0.6) is 0 Å². The van der Waals surface area contributed by atoms with Crippen LogP contribution >= 0.6 is 0 Å². The van der Waals surface area contributed by atoms with Gasteiger partial charge in [-0.2, -0.15) is 0 Å². The van der Waals surface area contributed by atoms with Gasteiger partial charge in [0, 0.05) is 0 Å². The number of allylic oxidation sites excluding steroid dienone is 1. The maximum Gasteiger partial charge on any atom is 0.186 e. The molecule has 0 bridgehead atoms. The molecule has 0 saturated carbocycles. The van der Waals surface area contributed by atoms with Crippen molar-refractivity contribution in [2.24, 2.45) is 0 Å². The molecule has 1 aliphatic rings. The average molecular weight is 519 g/mol. The molecule has 1 aliphatic heterocycles. The molecule has 0 aliphatic carbocycles. The summed E-state index contributed by atoms with van der Waals surface area (Å²) < 4.78 is 31.8. The van der Waals surface area contributed by atoms with E-state index in [4.69, 9.17) is 23.7 Å². The van der Waals surface area contributed by atoms with E-state index in [0.29, 0.717) is 26.4 Å². The van der Waals surface area contributed by atoms with Gasteiger partial charge >= 0.3 is 0 Å². The first kappa shape index (κ1) is 28.2. The van der Waals surface area contributed by atoms with Gasteiger partial charge in [0.25, 0.3) is 0 Å². The maximum atomic E-state index is 10.3. The Morgan fingerprint density at radius 1 is 0.658 bits per heavy atom. The van der Waals surface area contributed by atoms with E-state index in [0.717, 1.165) is 29.5 Å². The van der Waals surface area contributed by atoms with Crippen molar-refractivity contribution < 1.29 is 28.8 Å². The van der Waals surface area contributed by atoms with Gasteiger partial charge in [0.2, 0.25) is 0 Å². The zero-order valence-corrected chi connectivity index (χ0v) is 21.8. The summed E-state index contributed by atoms with van der Waals surface area (Å²) >= 11 is 0. The molecule has 202 valence electrons. The molecule has 5 atom stereocenters. The Bertz CT molecular complexity index is 1050. The molecular formula is C32H38O6. The molecule has 0 spiro atoms. The average Bonchev–Trinajstić information content (AvgIpc) is 2.98. The van der Waals surface area contributed by atoms with Crippen LogP contribution in [0, 0.1) is 0 Å². The Hall–Kier alpha value is -2.84. The van der Waals surface area contributed by atoms with Crippen LogP contribution in [0.4, 0.5) is 0 Å². The fourth-order valence-corrected chi connectivity index (χ4v) is 4.45. The first-order chi connectivity index (χ1) is 18.8. The van der Waals surface area contributed by atoms with Crippen molar-refractivity contribution in [3.8, 4) is 0 Å². The second kappa shape index (κ2) is 15.5. The Balaban J connectivity index is 1.58. The molecule has 1 fully saturated rings. The van der Waals surface area contributed by atoms with Gasteiger partial charge < -0.3 is 28.8 Å². The molecule has 38 heavy (non-hydrogen) atoms. The van der Waals surface area contributed by atoms with Crippen LogP contribution in [0.1, 0.15) is 29.5 Å². The molecule has 0 radical (unpaired) electrons. The Morgan fingerprint density at radius 3 is 1.61 bits per heavy atom. The molecule has 0 aromatic heterocycles. The summed E-state index contributed by atoms with van der Waals surface area (Å²) in [6, 6.07) is 29.9. The maximum absolute atomic E-state index is 10.3. The minimum atomic E-state index is -0.724. The lowest BCUT2D eigenvalue weighted by Crippen LogP contribution is -2.61. The highest BCUT2D eigenvalue weighted by Crippen LogP contribution is 2.31. The van der Waals surface area contributed by atoms with Crippen LogP contribution in [0.15, 0.2) is 104 Å². The van der Waals surface area contributed by atoms with Gasteiger partial charge in [-0.25, -0.2) is 0 Å². The number of rotatable bonds is 15. The molecule has 1 heterocycles. The molecule has 0 amide bonds. The fraction of sp³-hybridized carbons (Fsp3) is 0.375. The Kier molecular flexibility index (Phi) is 11.5. The number of aliphatic hydroxyl groups excluding tert-OH is 1. The summed E-state index contributed by atoms with van der Waals surface area (Å²) in [5.74, 6) is 0. The number of aliphatic hydroxyl groups is 1.